The summed E-state index contributed by atoms with van der Waals surface area (Å²) in [6.45, 7) is 1.78. The molecule has 1 aliphatic rings. The van der Waals surface area contributed by atoms with Gasteiger partial charge in [-0.3, -0.25) is 0 Å². The zero-order valence-electron chi connectivity index (χ0n) is 16.2. The summed E-state index contributed by atoms with van der Waals surface area (Å²) in [5.41, 5.74) is 0.541. The fraction of sp³-hybridized carbons (Fsp3) is 0.333. The molecule has 3 rings (SSSR count). The number of hydrogen-bond donors (Lipinski definition) is 2. The Morgan fingerprint density at radius 3 is 2.07 bits per heavy atom. The summed E-state index contributed by atoms with van der Waals surface area (Å²) in [5, 5.41) is 14.8. The Morgan fingerprint density at radius 1 is 1.00 bits per heavy atom. The minimum Gasteiger partial charge on any atom is -0.490 e. The maximum Gasteiger partial charge on any atom is 0.416 e. The predicted molar refractivity (Wildman–Crippen MR) is 102 cm³/mol. The smallest absolute Gasteiger partial charge is 0.416 e. The van der Waals surface area contributed by atoms with E-state index in [1.807, 2.05) is 18.2 Å². The summed E-state index contributed by atoms with van der Waals surface area (Å²) in [4.78, 5) is 20.5. The van der Waals surface area contributed by atoms with E-state index in [0.29, 0.717) is 5.75 Å². The number of hydrogen-bond acceptors (Lipinski definition) is 4. The molecule has 2 unspecified atom stereocenters. The molecule has 1 fully saturated rings. The highest BCUT2D eigenvalue weighted by atomic mass is 19.4. The van der Waals surface area contributed by atoms with Gasteiger partial charge in [0.2, 0.25) is 0 Å². The SMILES string of the molecule is CN1CCC(Oc2ccc(C(F)(F)F)cc2)C(c2ccccc2)C1.O=C(O)C(=O)O. The first kappa shape index (κ1) is 23.2. The summed E-state index contributed by atoms with van der Waals surface area (Å²) in [6.07, 6.45) is -3.52. The molecule has 0 radical (unpaired) electrons. The van der Waals surface area contributed by atoms with Crippen molar-refractivity contribution in [1.82, 2.24) is 4.90 Å². The maximum absolute atomic E-state index is 12.7. The van der Waals surface area contributed by atoms with Crippen LogP contribution in [0.4, 0.5) is 13.2 Å². The molecule has 1 aliphatic heterocycles. The minimum atomic E-state index is -4.32. The van der Waals surface area contributed by atoms with Gasteiger partial charge in [-0.15, -0.1) is 0 Å². The fourth-order valence-corrected chi connectivity index (χ4v) is 3.15. The van der Waals surface area contributed by atoms with Gasteiger partial charge in [0.15, 0.2) is 0 Å². The van der Waals surface area contributed by atoms with Crippen LogP contribution in [0.5, 0.6) is 5.75 Å². The second-order valence-corrected chi connectivity index (χ2v) is 6.86. The van der Waals surface area contributed by atoms with Gasteiger partial charge in [-0.25, -0.2) is 9.59 Å². The number of aliphatic carboxylic acids is 2. The van der Waals surface area contributed by atoms with E-state index >= 15 is 0 Å². The monoisotopic (exact) mass is 425 g/mol. The summed E-state index contributed by atoms with van der Waals surface area (Å²) >= 11 is 0. The Kier molecular flexibility index (Phi) is 7.82. The molecule has 0 spiro atoms. The summed E-state index contributed by atoms with van der Waals surface area (Å²) in [7, 11) is 2.07. The van der Waals surface area contributed by atoms with Crippen LogP contribution < -0.4 is 4.74 Å². The predicted octanol–water partition coefficient (Wildman–Crippen LogP) is 3.73. The molecule has 0 saturated carbocycles. The molecule has 162 valence electrons. The number of carbonyl (C=O) groups is 2. The van der Waals surface area contributed by atoms with Crippen LogP contribution in [0.25, 0.3) is 0 Å². The van der Waals surface area contributed by atoms with Gasteiger partial charge in [-0.05, 0) is 43.3 Å². The molecule has 0 aliphatic carbocycles. The molecule has 0 bridgehead atoms. The average molecular weight is 425 g/mol. The highest BCUT2D eigenvalue weighted by molar-refractivity contribution is 6.27. The molecular weight excluding hydrogens is 403 g/mol. The van der Waals surface area contributed by atoms with E-state index in [0.717, 1.165) is 31.6 Å². The zero-order valence-corrected chi connectivity index (χ0v) is 16.2. The second-order valence-electron chi connectivity index (χ2n) is 6.86. The molecule has 6 nitrogen and oxygen atoms in total. The molecule has 0 amide bonds. The van der Waals surface area contributed by atoms with Gasteiger partial charge in [0.25, 0.3) is 0 Å². The summed E-state index contributed by atoms with van der Waals surface area (Å²) in [5.74, 6) is -2.96. The van der Waals surface area contributed by atoms with Crippen molar-refractivity contribution in [1.29, 1.82) is 0 Å². The first-order valence-corrected chi connectivity index (χ1v) is 9.11. The number of likely N-dealkylation sites (N-methyl/N-ethyl adjacent to an activating group) is 1. The second kappa shape index (κ2) is 10.1. The standard InChI is InChI=1S/C19H20F3NO.C2H2O4/c1-23-12-11-18(17(13-23)14-5-3-2-4-6-14)24-16-9-7-15(8-10-16)19(20,21)22;3-1(4)2(5)6/h2-10,17-18H,11-13H2,1H3;(H,3,4)(H,5,6). The van der Waals surface area contributed by atoms with E-state index in [1.165, 1.54) is 17.7 Å². The highest BCUT2D eigenvalue weighted by Gasteiger charge is 2.32. The number of piperidine rings is 1. The van der Waals surface area contributed by atoms with Crippen LogP contribution in [-0.4, -0.2) is 53.3 Å². The van der Waals surface area contributed by atoms with Crippen molar-refractivity contribution in [2.45, 2.75) is 24.6 Å². The first-order valence-electron chi connectivity index (χ1n) is 9.11. The summed E-state index contributed by atoms with van der Waals surface area (Å²) in [6, 6.07) is 15.1. The van der Waals surface area contributed by atoms with Gasteiger partial charge >= 0.3 is 18.1 Å². The van der Waals surface area contributed by atoms with Gasteiger partial charge in [-0.1, -0.05) is 30.3 Å². The lowest BCUT2D eigenvalue weighted by atomic mass is 9.88. The molecular formula is C21H22F3NO5. The number of likely N-dealkylation sites (tertiary alicyclic amines) is 1. The summed E-state index contributed by atoms with van der Waals surface area (Å²) < 4.78 is 44.0. The van der Waals surface area contributed by atoms with Gasteiger partial charge in [0.05, 0.1) is 5.56 Å². The van der Waals surface area contributed by atoms with Crippen molar-refractivity contribution in [2.24, 2.45) is 0 Å². The number of nitrogens with zero attached hydrogens (tertiary/aromatic N) is 1. The van der Waals surface area contributed by atoms with Crippen LogP contribution >= 0.6 is 0 Å². The fourth-order valence-electron chi connectivity index (χ4n) is 3.15. The van der Waals surface area contributed by atoms with E-state index in [4.69, 9.17) is 24.5 Å². The Hall–Kier alpha value is -3.07. The molecule has 30 heavy (non-hydrogen) atoms. The molecule has 2 aromatic rings. The lowest BCUT2D eigenvalue weighted by Crippen LogP contribution is -2.42. The Balaban J connectivity index is 0.000000469. The van der Waals surface area contributed by atoms with Crippen LogP contribution in [0.1, 0.15) is 23.5 Å². The lowest BCUT2D eigenvalue weighted by molar-refractivity contribution is -0.159. The lowest BCUT2D eigenvalue weighted by Gasteiger charge is -2.37. The van der Waals surface area contributed by atoms with Crippen LogP contribution in [0.3, 0.4) is 0 Å². The topological polar surface area (TPSA) is 87.1 Å². The number of carboxylic acids is 2. The van der Waals surface area contributed by atoms with E-state index in [9.17, 15) is 13.2 Å². The number of rotatable bonds is 3. The van der Waals surface area contributed by atoms with Crippen molar-refractivity contribution < 1.29 is 37.7 Å². The van der Waals surface area contributed by atoms with Gasteiger partial charge < -0.3 is 19.8 Å². The number of halogens is 3. The van der Waals surface area contributed by atoms with E-state index in [1.54, 1.807) is 0 Å². The van der Waals surface area contributed by atoms with Crippen molar-refractivity contribution in [3.05, 3.63) is 65.7 Å². The third-order valence-corrected chi connectivity index (χ3v) is 4.63. The van der Waals surface area contributed by atoms with Crippen molar-refractivity contribution in [2.75, 3.05) is 20.1 Å². The Morgan fingerprint density at radius 2 is 1.57 bits per heavy atom. The normalized spacial score (nSPS) is 19.3. The van der Waals surface area contributed by atoms with E-state index in [2.05, 4.69) is 24.1 Å². The molecule has 2 N–H and O–H groups in total. The number of ether oxygens (including phenoxy) is 1. The molecule has 2 atom stereocenters. The largest absolute Gasteiger partial charge is 0.490 e. The number of carboxylic acid groups (broad SMARTS) is 2. The van der Waals surface area contributed by atoms with Gasteiger partial charge in [0.1, 0.15) is 11.9 Å². The maximum atomic E-state index is 12.7. The molecule has 1 saturated heterocycles. The van der Waals surface area contributed by atoms with Crippen LogP contribution in [0.2, 0.25) is 0 Å². The number of benzene rings is 2. The zero-order chi connectivity index (χ0) is 22.3. The third kappa shape index (κ3) is 6.77. The van der Waals surface area contributed by atoms with Gasteiger partial charge in [0, 0.05) is 19.0 Å². The highest BCUT2D eigenvalue weighted by Crippen LogP contribution is 2.33. The van der Waals surface area contributed by atoms with Crippen molar-refractivity contribution in [3.63, 3.8) is 0 Å². The van der Waals surface area contributed by atoms with Crippen LogP contribution in [0.15, 0.2) is 54.6 Å². The van der Waals surface area contributed by atoms with Crippen molar-refractivity contribution in [3.8, 4) is 5.75 Å². The van der Waals surface area contributed by atoms with E-state index in [-0.39, 0.29) is 12.0 Å². The first-order chi connectivity index (χ1) is 14.1. The Bertz CT molecular complexity index is 828. The Labute approximate surface area is 171 Å². The molecule has 9 heteroatoms. The van der Waals surface area contributed by atoms with Crippen molar-refractivity contribution >= 4 is 11.9 Å². The third-order valence-electron chi connectivity index (χ3n) is 4.63. The van der Waals surface area contributed by atoms with Crippen LogP contribution in [-0.2, 0) is 15.8 Å². The minimum absolute atomic E-state index is 0.0414. The van der Waals surface area contributed by atoms with Crippen LogP contribution in [0, 0.1) is 0 Å². The molecule has 0 aromatic heterocycles. The quantitative estimate of drug-likeness (QED) is 0.729. The number of alkyl halides is 3. The molecule has 1 heterocycles. The van der Waals surface area contributed by atoms with E-state index < -0.39 is 23.7 Å². The van der Waals surface area contributed by atoms with Gasteiger partial charge in [-0.2, -0.15) is 13.2 Å². The molecule has 2 aromatic carbocycles. The average Bonchev–Trinajstić information content (AvgIpc) is 2.70.